The number of hydrogen-bond donors (Lipinski definition) is 0. The first-order chi connectivity index (χ1) is 11.9. The number of hydrogen-bond acceptors (Lipinski definition) is 4. The number of aromatic nitrogens is 1. The number of rotatable bonds is 4. The van der Waals surface area contributed by atoms with Crippen molar-refractivity contribution in [2.75, 3.05) is 7.11 Å². The summed E-state index contributed by atoms with van der Waals surface area (Å²) in [5.74, 6) is -0.502. The molecule has 2 aromatic carbocycles. The van der Waals surface area contributed by atoms with Gasteiger partial charge >= 0.3 is 5.97 Å². The standard InChI is InChI=1S/C19H17NO4S/c1-14-7-10-16(11-8-14)25(22,23)20-13-15(9-12-19(21)24-2)17-5-3-4-6-18(17)20/h3-13H,1-2H3. The Balaban J connectivity index is 2.18. The van der Waals surface area contributed by atoms with Gasteiger partial charge in [-0.15, -0.1) is 0 Å². The minimum absolute atomic E-state index is 0.211. The maximum atomic E-state index is 13.0. The third-order valence-electron chi connectivity index (χ3n) is 3.89. The molecule has 1 aromatic heterocycles. The van der Waals surface area contributed by atoms with E-state index in [0.29, 0.717) is 11.1 Å². The number of carbonyl (C=O) groups excluding carboxylic acids is 1. The summed E-state index contributed by atoms with van der Waals surface area (Å²) in [6.45, 7) is 1.90. The molecule has 6 heteroatoms. The predicted molar refractivity (Wildman–Crippen MR) is 96.8 cm³/mol. The molecule has 0 saturated heterocycles. The first-order valence-corrected chi connectivity index (χ1v) is 9.06. The van der Waals surface area contributed by atoms with Crippen molar-refractivity contribution in [3.05, 3.63) is 71.9 Å². The fourth-order valence-corrected chi connectivity index (χ4v) is 3.93. The molecule has 0 unspecified atom stereocenters. The van der Waals surface area contributed by atoms with Crippen molar-refractivity contribution in [1.29, 1.82) is 0 Å². The van der Waals surface area contributed by atoms with E-state index in [1.807, 2.05) is 19.1 Å². The topological polar surface area (TPSA) is 65.4 Å². The number of para-hydroxylation sites is 1. The van der Waals surface area contributed by atoms with Gasteiger partial charge in [-0.3, -0.25) is 0 Å². The molecular formula is C19H17NO4S. The summed E-state index contributed by atoms with van der Waals surface area (Å²) in [7, 11) is -2.45. The van der Waals surface area contributed by atoms with Gasteiger partial charge in [-0.05, 0) is 31.2 Å². The van der Waals surface area contributed by atoms with Gasteiger partial charge in [0, 0.05) is 23.2 Å². The van der Waals surface area contributed by atoms with Crippen molar-refractivity contribution in [2.45, 2.75) is 11.8 Å². The maximum Gasteiger partial charge on any atom is 0.330 e. The molecule has 0 amide bonds. The Bertz CT molecular complexity index is 1060. The Morgan fingerprint density at radius 1 is 1.08 bits per heavy atom. The van der Waals surface area contributed by atoms with Gasteiger partial charge in [0.2, 0.25) is 0 Å². The molecule has 3 rings (SSSR count). The molecule has 0 aliphatic carbocycles. The lowest BCUT2D eigenvalue weighted by molar-refractivity contribution is -0.134. The molecular weight excluding hydrogens is 338 g/mol. The van der Waals surface area contributed by atoms with Gasteiger partial charge in [0.25, 0.3) is 10.0 Å². The Morgan fingerprint density at radius 3 is 2.44 bits per heavy atom. The zero-order valence-corrected chi connectivity index (χ0v) is 14.7. The van der Waals surface area contributed by atoms with E-state index in [1.165, 1.54) is 23.4 Å². The lowest BCUT2D eigenvalue weighted by Crippen LogP contribution is -2.11. The summed E-state index contributed by atoms with van der Waals surface area (Å²) in [6, 6.07) is 13.8. The van der Waals surface area contributed by atoms with Crippen LogP contribution in [-0.4, -0.2) is 25.5 Å². The quantitative estimate of drug-likeness (QED) is 0.532. The Morgan fingerprint density at radius 2 is 1.76 bits per heavy atom. The second-order valence-corrected chi connectivity index (χ2v) is 7.39. The van der Waals surface area contributed by atoms with Gasteiger partial charge in [0.1, 0.15) is 0 Å². The predicted octanol–water partition coefficient (Wildman–Crippen LogP) is 3.37. The highest BCUT2D eigenvalue weighted by Gasteiger charge is 2.20. The van der Waals surface area contributed by atoms with Crippen molar-refractivity contribution in [1.82, 2.24) is 3.97 Å². The molecule has 0 bridgehead atoms. The number of nitrogens with zero attached hydrogens (tertiary/aromatic N) is 1. The molecule has 128 valence electrons. The SMILES string of the molecule is COC(=O)C=Cc1cn(S(=O)(=O)c2ccc(C)cc2)c2ccccc12. The summed E-state index contributed by atoms with van der Waals surface area (Å²) >= 11 is 0. The second-order valence-electron chi connectivity index (χ2n) is 5.57. The molecule has 0 atom stereocenters. The van der Waals surface area contributed by atoms with E-state index < -0.39 is 16.0 Å². The van der Waals surface area contributed by atoms with E-state index in [4.69, 9.17) is 0 Å². The Kier molecular flexibility index (Phi) is 4.46. The zero-order valence-electron chi connectivity index (χ0n) is 13.8. The fourth-order valence-electron chi connectivity index (χ4n) is 2.56. The summed E-state index contributed by atoms with van der Waals surface area (Å²) in [5.41, 5.74) is 2.15. The van der Waals surface area contributed by atoms with E-state index in [-0.39, 0.29) is 4.90 Å². The van der Waals surface area contributed by atoms with E-state index >= 15 is 0 Å². The van der Waals surface area contributed by atoms with E-state index in [0.717, 1.165) is 10.9 Å². The Hall–Kier alpha value is -2.86. The molecule has 0 aliphatic rings. The molecule has 25 heavy (non-hydrogen) atoms. The van der Waals surface area contributed by atoms with Crippen molar-refractivity contribution < 1.29 is 17.9 Å². The number of esters is 1. The number of carbonyl (C=O) groups is 1. The number of fused-ring (bicyclic) bond motifs is 1. The molecule has 0 spiro atoms. The number of benzene rings is 2. The normalized spacial score (nSPS) is 11.9. The second kappa shape index (κ2) is 6.57. The third-order valence-corrected chi connectivity index (χ3v) is 5.57. The van der Waals surface area contributed by atoms with Crippen LogP contribution in [0.5, 0.6) is 0 Å². The highest BCUT2D eigenvalue weighted by atomic mass is 32.2. The minimum atomic E-state index is -3.74. The number of aryl methyl sites for hydroxylation is 1. The van der Waals surface area contributed by atoms with E-state index in [2.05, 4.69) is 4.74 Å². The van der Waals surface area contributed by atoms with Crippen LogP contribution in [0.1, 0.15) is 11.1 Å². The monoisotopic (exact) mass is 355 g/mol. The van der Waals surface area contributed by atoms with Gasteiger partial charge in [0.15, 0.2) is 0 Å². The highest BCUT2D eigenvalue weighted by molar-refractivity contribution is 7.90. The van der Waals surface area contributed by atoms with Crippen LogP contribution < -0.4 is 0 Å². The van der Waals surface area contributed by atoms with Crippen LogP contribution in [0.25, 0.3) is 17.0 Å². The first-order valence-electron chi connectivity index (χ1n) is 7.62. The summed E-state index contributed by atoms with van der Waals surface area (Å²) in [4.78, 5) is 11.6. The van der Waals surface area contributed by atoms with Crippen molar-refractivity contribution in [3.8, 4) is 0 Å². The van der Waals surface area contributed by atoms with Crippen LogP contribution in [-0.2, 0) is 19.6 Å². The minimum Gasteiger partial charge on any atom is -0.466 e. The fraction of sp³-hybridized carbons (Fsp3) is 0.105. The third kappa shape index (κ3) is 3.21. The lowest BCUT2D eigenvalue weighted by atomic mass is 10.1. The number of methoxy groups -OCH3 is 1. The van der Waals surface area contributed by atoms with Crippen LogP contribution in [0, 0.1) is 6.92 Å². The molecule has 0 radical (unpaired) electrons. The van der Waals surface area contributed by atoms with Gasteiger partial charge in [-0.25, -0.2) is 17.2 Å². The molecule has 0 aliphatic heterocycles. The van der Waals surface area contributed by atoms with Crippen LogP contribution in [0.15, 0.2) is 65.7 Å². The van der Waals surface area contributed by atoms with Gasteiger partial charge < -0.3 is 4.74 Å². The smallest absolute Gasteiger partial charge is 0.330 e. The molecule has 0 saturated carbocycles. The molecule has 0 fully saturated rings. The van der Waals surface area contributed by atoms with E-state index in [9.17, 15) is 13.2 Å². The van der Waals surface area contributed by atoms with E-state index in [1.54, 1.807) is 42.5 Å². The largest absolute Gasteiger partial charge is 0.466 e. The summed E-state index contributed by atoms with van der Waals surface area (Å²) in [5, 5.41) is 0.735. The Labute approximate surface area is 146 Å². The average Bonchev–Trinajstić information content (AvgIpc) is 2.99. The highest BCUT2D eigenvalue weighted by Crippen LogP contribution is 2.27. The molecule has 0 N–H and O–H groups in total. The van der Waals surface area contributed by atoms with Crippen LogP contribution >= 0.6 is 0 Å². The average molecular weight is 355 g/mol. The molecule has 1 heterocycles. The molecule has 3 aromatic rings. The number of ether oxygens (including phenoxy) is 1. The van der Waals surface area contributed by atoms with Gasteiger partial charge in [0.05, 0.1) is 17.5 Å². The summed E-state index contributed by atoms with van der Waals surface area (Å²) in [6.07, 6.45) is 4.33. The van der Waals surface area contributed by atoms with Crippen LogP contribution in [0.4, 0.5) is 0 Å². The van der Waals surface area contributed by atoms with Gasteiger partial charge in [-0.1, -0.05) is 35.9 Å². The lowest BCUT2D eigenvalue weighted by Gasteiger charge is -2.07. The van der Waals surface area contributed by atoms with Crippen LogP contribution in [0.2, 0.25) is 0 Å². The maximum absolute atomic E-state index is 13.0. The molecule has 5 nitrogen and oxygen atoms in total. The van der Waals surface area contributed by atoms with Crippen molar-refractivity contribution >= 4 is 33.0 Å². The van der Waals surface area contributed by atoms with Crippen molar-refractivity contribution in [2.24, 2.45) is 0 Å². The first kappa shape index (κ1) is 17.0. The summed E-state index contributed by atoms with van der Waals surface area (Å²) < 4.78 is 31.9. The van der Waals surface area contributed by atoms with Crippen LogP contribution in [0.3, 0.4) is 0 Å². The van der Waals surface area contributed by atoms with Gasteiger partial charge in [-0.2, -0.15) is 0 Å². The van der Waals surface area contributed by atoms with Crippen molar-refractivity contribution in [3.63, 3.8) is 0 Å². The zero-order chi connectivity index (χ0) is 18.0.